The Bertz CT molecular complexity index is 1290. The molecule has 1 aliphatic carbocycles. The largest absolute Gasteiger partial charge is 0.493 e. The summed E-state index contributed by atoms with van der Waals surface area (Å²) in [6.45, 7) is 1.79. The number of carboxylic acid groups (broad SMARTS) is 1. The first-order valence-electron chi connectivity index (χ1n) is 12.7. The number of nitrogens with zero attached hydrogens (tertiary/aromatic N) is 1. The monoisotopic (exact) mass is 625 g/mol. The maximum absolute atomic E-state index is 13.1. The molecule has 15 heteroatoms. The van der Waals surface area contributed by atoms with Crippen LogP contribution < -0.4 is 20.1 Å². The highest BCUT2D eigenvalue weighted by Gasteiger charge is 2.50. The average molecular weight is 626 g/mol. The van der Waals surface area contributed by atoms with Gasteiger partial charge in [-0.1, -0.05) is 17.7 Å². The van der Waals surface area contributed by atoms with Crippen LogP contribution in [0, 0.1) is 5.92 Å². The van der Waals surface area contributed by atoms with Crippen molar-refractivity contribution >= 4 is 29.3 Å². The zero-order valence-electron chi connectivity index (χ0n) is 22.8. The van der Waals surface area contributed by atoms with Gasteiger partial charge in [-0.25, -0.2) is 9.59 Å². The molecular weight excluding hydrogens is 596 g/mol. The van der Waals surface area contributed by atoms with Gasteiger partial charge < -0.3 is 30.1 Å². The number of anilines is 1. The fraction of sp³-hybridized carbons (Fsp3) is 0.481. The fourth-order valence-electron chi connectivity index (χ4n) is 5.62. The minimum Gasteiger partial charge on any atom is -0.493 e. The molecule has 1 heterocycles. The molecule has 0 spiro atoms. The number of amides is 2. The molecule has 8 nitrogen and oxygen atoms in total. The van der Waals surface area contributed by atoms with Crippen LogP contribution in [0.3, 0.4) is 0 Å². The molecular formula is C27H30ClF6N3O5. The molecule has 2 amide bonds. The van der Waals surface area contributed by atoms with Crippen LogP contribution in [0.1, 0.15) is 30.4 Å². The number of methoxy groups -OCH3 is 2. The zero-order valence-corrected chi connectivity index (χ0v) is 23.6. The van der Waals surface area contributed by atoms with Crippen molar-refractivity contribution < 1.29 is 50.5 Å². The van der Waals surface area contributed by atoms with Crippen molar-refractivity contribution in [2.24, 2.45) is 5.92 Å². The van der Waals surface area contributed by atoms with Crippen LogP contribution in [0.25, 0.3) is 0 Å². The van der Waals surface area contributed by atoms with Gasteiger partial charge in [0.1, 0.15) is 0 Å². The van der Waals surface area contributed by atoms with Gasteiger partial charge in [0, 0.05) is 30.2 Å². The first-order valence-corrected chi connectivity index (χ1v) is 13.0. The number of carbonyl (C=O) groups is 2. The normalized spacial score (nSPS) is 22.3. The summed E-state index contributed by atoms with van der Waals surface area (Å²) in [5.74, 6) is -1.09. The van der Waals surface area contributed by atoms with Gasteiger partial charge in [0.15, 0.2) is 11.5 Å². The van der Waals surface area contributed by atoms with E-state index in [1.807, 2.05) is 12.1 Å². The van der Waals surface area contributed by atoms with Gasteiger partial charge in [-0.15, -0.1) is 0 Å². The third-order valence-electron chi connectivity index (χ3n) is 7.44. The number of aliphatic carboxylic acids is 1. The number of hydrogen-bond donors (Lipinski definition) is 3. The molecule has 3 atom stereocenters. The number of carbonyl (C=O) groups excluding carboxylic acids is 1. The number of alkyl halides is 6. The summed E-state index contributed by atoms with van der Waals surface area (Å²) in [5, 5.41) is 12.2. The highest BCUT2D eigenvalue weighted by molar-refractivity contribution is 6.31. The predicted molar refractivity (Wildman–Crippen MR) is 142 cm³/mol. The standard InChI is InChI=1S/C25H29ClF3N3O3.C2HF3O2/c1-32-13-16-10-18(31-23(33)30-17-5-6-20(26)19(12-17)25(27,28)29)8-9-24(16,14-32)15-4-7-21(34-2)22(11-15)35-3;3-2(4,5)1(6)7/h4-7,11-12,16,18H,8-10,13-14H2,1-3H3,(H2,30,31,33);(H,6,7)/t16-,18-,24+;/m1./s1. The molecule has 1 saturated carbocycles. The number of nitrogens with one attached hydrogen (secondary N) is 2. The number of rotatable bonds is 5. The number of carboxylic acids is 1. The van der Waals surface area contributed by atoms with Gasteiger partial charge in [-0.05, 0) is 68.1 Å². The Balaban J connectivity index is 0.000000616. The SMILES string of the molecule is COc1ccc([C@@]23CC[C@@H](NC(=O)Nc4ccc(Cl)c(C(F)(F)F)c4)C[C@@H]2CN(C)C3)cc1OC.O=C(O)C(F)(F)F. The molecule has 1 aliphatic heterocycles. The Morgan fingerprint density at radius 2 is 1.69 bits per heavy atom. The van der Waals surface area contributed by atoms with Crippen molar-refractivity contribution in [3.05, 3.63) is 52.5 Å². The van der Waals surface area contributed by atoms with Crippen LogP contribution in [-0.2, 0) is 16.4 Å². The van der Waals surface area contributed by atoms with Gasteiger partial charge in [0.05, 0.1) is 24.8 Å². The Morgan fingerprint density at radius 1 is 1.05 bits per heavy atom. The minimum atomic E-state index is -5.08. The van der Waals surface area contributed by atoms with Gasteiger partial charge in [-0.3, -0.25) is 0 Å². The van der Waals surface area contributed by atoms with E-state index in [1.165, 1.54) is 11.6 Å². The summed E-state index contributed by atoms with van der Waals surface area (Å²) in [4.78, 5) is 23.8. The molecule has 0 radical (unpaired) electrons. The van der Waals surface area contributed by atoms with Crippen LogP contribution in [0.5, 0.6) is 11.5 Å². The average Bonchev–Trinajstić information content (AvgIpc) is 3.24. The highest BCUT2D eigenvalue weighted by Crippen LogP contribution is 2.49. The Kier molecular flexibility index (Phi) is 10.1. The second kappa shape index (κ2) is 12.9. The number of hydrogen-bond acceptors (Lipinski definition) is 5. The lowest BCUT2D eigenvalue weighted by molar-refractivity contribution is -0.192. The highest BCUT2D eigenvalue weighted by atomic mass is 35.5. The first kappa shape index (κ1) is 33.1. The number of halogens is 7. The molecule has 2 aromatic rings. The predicted octanol–water partition coefficient (Wildman–Crippen LogP) is 6.18. The van der Waals surface area contributed by atoms with Gasteiger partial charge >= 0.3 is 24.4 Å². The summed E-state index contributed by atoms with van der Waals surface area (Å²) in [7, 11) is 5.32. The Morgan fingerprint density at radius 3 is 2.26 bits per heavy atom. The van der Waals surface area contributed by atoms with E-state index in [0.29, 0.717) is 17.4 Å². The Hall–Kier alpha value is -3.39. The van der Waals surface area contributed by atoms with Crippen molar-refractivity contribution in [2.75, 3.05) is 39.7 Å². The molecule has 42 heavy (non-hydrogen) atoms. The van der Waals surface area contributed by atoms with Crippen LogP contribution in [-0.4, -0.2) is 68.6 Å². The Labute approximate surface area is 242 Å². The van der Waals surface area contributed by atoms with Crippen molar-refractivity contribution in [3.63, 3.8) is 0 Å². The molecule has 1 saturated heterocycles. The van der Waals surface area contributed by atoms with E-state index in [-0.39, 0.29) is 17.1 Å². The second-order valence-corrected chi connectivity index (χ2v) is 10.6. The lowest BCUT2D eigenvalue weighted by atomic mass is 9.63. The number of ether oxygens (including phenoxy) is 2. The molecule has 4 rings (SSSR count). The summed E-state index contributed by atoms with van der Waals surface area (Å²) in [6.07, 6.45) is -7.31. The molecule has 0 aromatic heterocycles. The number of fused-ring (bicyclic) bond motifs is 1. The molecule has 2 fully saturated rings. The lowest BCUT2D eigenvalue weighted by Gasteiger charge is -2.42. The lowest BCUT2D eigenvalue weighted by Crippen LogP contribution is -2.48. The smallest absolute Gasteiger partial charge is 0.490 e. The maximum Gasteiger partial charge on any atom is 0.490 e. The zero-order chi connectivity index (χ0) is 31.5. The van der Waals surface area contributed by atoms with Crippen molar-refractivity contribution in [1.29, 1.82) is 0 Å². The van der Waals surface area contributed by atoms with Crippen molar-refractivity contribution in [2.45, 2.75) is 43.1 Å². The summed E-state index contributed by atoms with van der Waals surface area (Å²) in [6, 6.07) is 8.77. The quantitative estimate of drug-likeness (QED) is 0.343. The summed E-state index contributed by atoms with van der Waals surface area (Å²) >= 11 is 5.67. The summed E-state index contributed by atoms with van der Waals surface area (Å²) < 4.78 is 82.0. The molecule has 2 aliphatic rings. The molecule has 0 unspecified atom stereocenters. The van der Waals surface area contributed by atoms with E-state index in [1.54, 1.807) is 14.2 Å². The first-order chi connectivity index (χ1) is 19.5. The van der Waals surface area contributed by atoms with E-state index in [2.05, 4.69) is 28.6 Å². The van der Waals surface area contributed by atoms with Gasteiger partial charge in [0.25, 0.3) is 0 Å². The molecule has 2 aromatic carbocycles. The maximum atomic E-state index is 13.1. The van der Waals surface area contributed by atoms with Gasteiger partial charge in [-0.2, -0.15) is 26.3 Å². The van der Waals surface area contributed by atoms with E-state index >= 15 is 0 Å². The third kappa shape index (κ3) is 7.71. The van der Waals surface area contributed by atoms with E-state index in [9.17, 15) is 31.1 Å². The fourth-order valence-corrected chi connectivity index (χ4v) is 5.85. The molecule has 0 bridgehead atoms. The number of urea groups is 1. The van der Waals surface area contributed by atoms with Crippen LogP contribution in [0.15, 0.2) is 36.4 Å². The minimum absolute atomic E-state index is 0.0373. The number of likely N-dealkylation sites (N-methyl/N-ethyl adjacent to an activating group) is 1. The third-order valence-corrected chi connectivity index (χ3v) is 7.77. The summed E-state index contributed by atoms with van der Waals surface area (Å²) in [5.41, 5.74) is 0.174. The number of benzene rings is 2. The van der Waals surface area contributed by atoms with Crippen LogP contribution in [0.2, 0.25) is 5.02 Å². The second-order valence-electron chi connectivity index (χ2n) is 10.2. The van der Waals surface area contributed by atoms with Crippen molar-refractivity contribution in [1.82, 2.24) is 10.2 Å². The van der Waals surface area contributed by atoms with Crippen molar-refractivity contribution in [3.8, 4) is 11.5 Å². The molecule has 232 valence electrons. The van der Waals surface area contributed by atoms with E-state index in [4.69, 9.17) is 31.0 Å². The topological polar surface area (TPSA) is 100 Å². The van der Waals surface area contributed by atoms with Gasteiger partial charge in [0.2, 0.25) is 0 Å². The van der Waals surface area contributed by atoms with E-state index < -0.39 is 34.9 Å². The van der Waals surface area contributed by atoms with Crippen LogP contribution >= 0.6 is 11.6 Å². The number of likely N-dealkylation sites (tertiary alicyclic amines) is 1. The van der Waals surface area contributed by atoms with Crippen LogP contribution in [0.4, 0.5) is 36.8 Å². The van der Waals surface area contributed by atoms with E-state index in [0.717, 1.165) is 44.5 Å². The molecule has 3 N–H and O–H groups in total.